The van der Waals surface area contributed by atoms with Crippen molar-refractivity contribution in [3.8, 4) is 5.75 Å². The number of aryl methyl sites for hydroxylation is 1. The molecule has 2 aromatic carbocycles. The number of hydrogen-bond acceptors (Lipinski definition) is 5. The van der Waals surface area contributed by atoms with Gasteiger partial charge in [-0.05, 0) is 43.2 Å². The summed E-state index contributed by atoms with van der Waals surface area (Å²) in [6.07, 6.45) is 0.969. The number of hydrogen-bond donors (Lipinski definition) is 3. The number of sulfonamides is 1. The summed E-state index contributed by atoms with van der Waals surface area (Å²) < 4.78 is 34.7. The number of nitrogens with one attached hydrogen (secondary N) is 2. The van der Waals surface area contributed by atoms with E-state index in [1.54, 1.807) is 6.07 Å². The van der Waals surface area contributed by atoms with E-state index in [9.17, 15) is 8.42 Å². The van der Waals surface area contributed by atoms with Crippen molar-refractivity contribution in [2.75, 3.05) is 19.8 Å². The van der Waals surface area contributed by atoms with E-state index in [0.29, 0.717) is 32.2 Å². The highest BCUT2D eigenvalue weighted by molar-refractivity contribution is 7.89. The lowest BCUT2D eigenvalue weighted by Crippen LogP contribution is -2.37. The van der Waals surface area contributed by atoms with Crippen LogP contribution in [0.5, 0.6) is 5.75 Å². The molecule has 31 heavy (non-hydrogen) atoms. The zero-order valence-corrected chi connectivity index (χ0v) is 18.7. The second kappa shape index (κ2) is 10.6. The summed E-state index contributed by atoms with van der Waals surface area (Å²) in [6, 6.07) is 12.6. The molecule has 0 radical (unpaired) electrons. The third kappa shape index (κ3) is 6.95. The van der Waals surface area contributed by atoms with E-state index in [4.69, 9.17) is 14.6 Å². The van der Waals surface area contributed by atoms with Crippen LogP contribution in [0, 0.1) is 6.92 Å². The van der Waals surface area contributed by atoms with Gasteiger partial charge in [0, 0.05) is 25.1 Å². The van der Waals surface area contributed by atoms with E-state index in [1.807, 2.05) is 32.0 Å². The minimum Gasteiger partial charge on any atom is -0.488 e. The largest absolute Gasteiger partial charge is 0.488 e. The summed E-state index contributed by atoms with van der Waals surface area (Å²) in [5, 5.41) is 11.7. The molecule has 3 rings (SSSR count). The van der Waals surface area contributed by atoms with Gasteiger partial charge in [0.25, 0.3) is 0 Å². The van der Waals surface area contributed by atoms with E-state index in [0.717, 1.165) is 35.5 Å². The Morgan fingerprint density at radius 2 is 2.10 bits per heavy atom. The number of aliphatic imine (C=N–C) groups is 1. The number of nitrogens with two attached hydrogens (primary N) is 1. The minimum atomic E-state index is -3.74. The van der Waals surface area contributed by atoms with Gasteiger partial charge in [0.1, 0.15) is 11.9 Å². The Morgan fingerprint density at radius 3 is 2.81 bits per heavy atom. The number of guanidine groups is 1. The maximum Gasteiger partial charge on any atom is 0.238 e. The lowest BCUT2D eigenvalue weighted by molar-refractivity contribution is 0.140. The molecule has 1 atom stereocenters. The van der Waals surface area contributed by atoms with Gasteiger partial charge < -0.3 is 20.1 Å². The molecule has 1 aliphatic heterocycles. The quantitative estimate of drug-likeness (QED) is 0.422. The number of nitrogens with zero attached hydrogens (tertiary/aromatic N) is 1. The molecule has 168 valence electrons. The van der Waals surface area contributed by atoms with Crippen LogP contribution in [0.1, 0.15) is 30.0 Å². The lowest BCUT2D eigenvalue weighted by atomic mass is 10.1. The zero-order valence-electron chi connectivity index (χ0n) is 17.9. The van der Waals surface area contributed by atoms with Crippen molar-refractivity contribution in [2.24, 2.45) is 10.1 Å². The van der Waals surface area contributed by atoms with Gasteiger partial charge in [0.15, 0.2) is 5.96 Å². The Bertz CT molecular complexity index is 1020. The maximum atomic E-state index is 11.6. The van der Waals surface area contributed by atoms with Crippen molar-refractivity contribution in [3.05, 3.63) is 59.2 Å². The summed E-state index contributed by atoms with van der Waals surface area (Å²) in [4.78, 5) is 4.65. The van der Waals surface area contributed by atoms with Crippen LogP contribution in [0.3, 0.4) is 0 Å². The van der Waals surface area contributed by atoms with Crippen molar-refractivity contribution >= 4 is 16.0 Å². The van der Waals surface area contributed by atoms with Crippen molar-refractivity contribution in [2.45, 2.75) is 44.4 Å². The molecule has 1 aliphatic rings. The molecule has 1 fully saturated rings. The van der Waals surface area contributed by atoms with E-state index < -0.39 is 10.0 Å². The molecule has 0 bridgehead atoms. The van der Waals surface area contributed by atoms with Crippen molar-refractivity contribution in [1.82, 2.24) is 10.6 Å². The smallest absolute Gasteiger partial charge is 0.238 e. The molecular weight excluding hydrogens is 416 g/mol. The molecule has 1 saturated heterocycles. The van der Waals surface area contributed by atoms with Gasteiger partial charge in [-0.15, -0.1) is 0 Å². The van der Waals surface area contributed by atoms with Gasteiger partial charge in [-0.25, -0.2) is 18.5 Å². The molecular formula is C22H30N4O4S. The van der Waals surface area contributed by atoms with E-state index in [1.165, 1.54) is 12.1 Å². The van der Waals surface area contributed by atoms with Crippen LogP contribution < -0.4 is 20.5 Å². The molecule has 0 saturated carbocycles. The standard InChI is InChI=1S/C22H30N4O4S/c1-3-24-22(25-13-17-5-4-6-20(12-17)31(23,27)28)26-14-18-8-7-16(2)11-21(18)30-19-9-10-29-15-19/h4-8,11-12,19H,3,9-10,13-15H2,1-2H3,(H2,23,27,28)(H2,24,25,26). The van der Waals surface area contributed by atoms with E-state index >= 15 is 0 Å². The van der Waals surface area contributed by atoms with E-state index in [2.05, 4.69) is 21.7 Å². The Balaban J connectivity index is 1.69. The van der Waals surface area contributed by atoms with Gasteiger partial charge in [0.2, 0.25) is 10.0 Å². The summed E-state index contributed by atoms with van der Waals surface area (Å²) in [6.45, 7) is 6.91. The van der Waals surface area contributed by atoms with Crippen molar-refractivity contribution in [3.63, 3.8) is 0 Å². The predicted octanol–water partition coefficient (Wildman–Crippen LogP) is 2.07. The second-order valence-corrected chi connectivity index (χ2v) is 9.02. The van der Waals surface area contributed by atoms with Gasteiger partial charge in [-0.1, -0.05) is 24.3 Å². The molecule has 0 aromatic heterocycles. The number of ether oxygens (including phenoxy) is 2. The molecule has 8 nitrogen and oxygen atoms in total. The van der Waals surface area contributed by atoms with Gasteiger partial charge in [0.05, 0.1) is 24.7 Å². The molecule has 1 heterocycles. The molecule has 0 amide bonds. The van der Waals surface area contributed by atoms with Crippen LogP contribution in [-0.4, -0.2) is 40.2 Å². The average Bonchev–Trinajstić information content (AvgIpc) is 3.24. The third-order valence-corrected chi connectivity index (χ3v) is 5.75. The van der Waals surface area contributed by atoms with Gasteiger partial charge in [-0.2, -0.15) is 0 Å². The highest BCUT2D eigenvalue weighted by atomic mass is 32.2. The summed E-state index contributed by atoms with van der Waals surface area (Å²) in [7, 11) is -3.74. The Labute approximate surface area is 183 Å². The van der Waals surface area contributed by atoms with Crippen LogP contribution >= 0.6 is 0 Å². The molecule has 0 spiro atoms. The summed E-state index contributed by atoms with van der Waals surface area (Å²) in [5.41, 5.74) is 2.91. The molecule has 9 heteroatoms. The summed E-state index contributed by atoms with van der Waals surface area (Å²) >= 11 is 0. The number of rotatable bonds is 8. The third-order valence-electron chi connectivity index (χ3n) is 4.84. The molecule has 4 N–H and O–H groups in total. The first-order valence-electron chi connectivity index (χ1n) is 10.3. The average molecular weight is 447 g/mol. The zero-order chi connectivity index (χ0) is 22.3. The van der Waals surface area contributed by atoms with Crippen LogP contribution in [0.2, 0.25) is 0 Å². The van der Waals surface area contributed by atoms with Crippen LogP contribution in [0.15, 0.2) is 52.4 Å². The first-order valence-corrected chi connectivity index (χ1v) is 11.9. The highest BCUT2D eigenvalue weighted by Crippen LogP contribution is 2.23. The molecule has 1 unspecified atom stereocenters. The van der Waals surface area contributed by atoms with Gasteiger partial charge in [-0.3, -0.25) is 0 Å². The van der Waals surface area contributed by atoms with Gasteiger partial charge >= 0.3 is 0 Å². The maximum absolute atomic E-state index is 11.6. The fraction of sp³-hybridized carbons (Fsp3) is 0.409. The lowest BCUT2D eigenvalue weighted by Gasteiger charge is -2.18. The van der Waals surface area contributed by atoms with Crippen LogP contribution in [0.25, 0.3) is 0 Å². The monoisotopic (exact) mass is 446 g/mol. The van der Waals surface area contributed by atoms with Crippen molar-refractivity contribution in [1.29, 1.82) is 0 Å². The number of benzene rings is 2. The normalized spacial score (nSPS) is 16.9. The Hall–Kier alpha value is -2.62. The van der Waals surface area contributed by atoms with Crippen LogP contribution in [-0.2, 0) is 27.8 Å². The van der Waals surface area contributed by atoms with Crippen molar-refractivity contribution < 1.29 is 17.9 Å². The van der Waals surface area contributed by atoms with Crippen LogP contribution in [0.4, 0.5) is 0 Å². The SMILES string of the molecule is CCNC(=NCc1cccc(S(N)(=O)=O)c1)NCc1ccc(C)cc1OC1CCOC1. The predicted molar refractivity (Wildman–Crippen MR) is 121 cm³/mol. The second-order valence-electron chi connectivity index (χ2n) is 7.46. The van der Waals surface area contributed by atoms with E-state index in [-0.39, 0.29) is 11.0 Å². The highest BCUT2D eigenvalue weighted by Gasteiger charge is 2.19. The first kappa shape index (κ1) is 23.1. The Morgan fingerprint density at radius 1 is 1.26 bits per heavy atom. The number of primary sulfonamides is 1. The topological polar surface area (TPSA) is 115 Å². The minimum absolute atomic E-state index is 0.0774. The molecule has 2 aromatic rings. The Kier molecular flexibility index (Phi) is 7.89. The first-order chi connectivity index (χ1) is 14.8. The fourth-order valence-electron chi connectivity index (χ4n) is 3.21. The summed E-state index contributed by atoms with van der Waals surface area (Å²) in [5.74, 6) is 1.47. The fourth-order valence-corrected chi connectivity index (χ4v) is 3.80. The molecule has 0 aliphatic carbocycles.